The maximum atomic E-state index is 13.2. The van der Waals surface area contributed by atoms with Crippen molar-refractivity contribution in [3.63, 3.8) is 0 Å². The summed E-state index contributed by atoms with van der Waals surface area (Å²) >= 11 is 0. The van der Waals surface area contributed by atoms with Crippen molar-refractivity contribution >= 4 is 21.8 Å². The van der Waals surface area contributed by atoms with Crippen LogP contribution >= 0.6 is 0 Å². The number of carbonyl (C=O) groups excluding carboxylic acids is 2. The van der Waals surface area contributed by atoms with Gasteiger partial charge < -0.3 is 10.2 Å². The molecule has 172 valence electrons. The van der Waals surface area contributed by atoms with Crippen molar-refractivity contribution in [3.05, 3.63) is 29.8 Å². The predicted octanol–water partition coefficient (Wildman–Crippen LogP) is 2.87. The third-order valence-corrected chi connectivity index (χ3v) is 7.93. The normalized spacial score (nSPS) is 25.3. The topological polar surface area (TPSA) is 86.8 Å². The van der Waals surface area contributed by atoms with E-state index in [0.717, 1.165) is 25.7 Å². The molecular weight excluding hydrogens is 414 g/mol. The van der Waals surface area contributed by atoms with Crippen molar-refractivity contribution in [2.45, 2.75) is 63.8 Å². The van der Waals surface area contributed by atoms with Crippen LogP contribution in [0.3, 0.4) is 0 Å². The van der Waals surface area contributed by atoms with Gasteiger partial charge in [-0.1, -0.05) is 26.8 Å². The Labute approximate surface area is 186 Å². The number of benzene rings is 1. The highest BCUT2D eigenvalue weighted by Crippen LogP contribution is 2.27. The lowest BCUT2D eigenvalue weighted by molar-refractivity contribution is -0.122. The Bertz CT molecular complexity index is 892. The van der Waals surface area contributed by atoms with Gasteiger partial charge in [-0.15, -0.1) is 0 Å². The largest absolute Gasteiger partial charge is 0.352 e. The molecule has 3 atom stereocenters. The van der Waals surface area contributed by atoms with Crippen LogP contribution in [0, 0.1) is 11.8 Å². The molecule has 3 rings (SSSR count). The molecule has 7 nitrogen and oxygen atoms in total. The Morgan fingerprint density at radius 3 is 2.52 bits per heavy atom. The Kier molecular flexibility index (Phi) is 7.75. The number of hydrogen-bond donors (Lipinski definition) is 1. The molecule has 1 N–H and O–H groups in total. The van der Waals surface area contributed by atoms with Gasteiger partial charge in [-0.25, -0.2) is 8.42 Å². The molecule has 1 aromatic carbocycles. The Morgan fingerprint density at radius 2 is 1.84 bits per heavy atom. The van der Waals surface area contributed by atoms with Crippen molar-refractivity contribution in [1.29, 1.82) is 0 Å². The summed E-state index contributed by atoms with van der Waals surface area (Å²) in [5, 5.41) is 3.01. The monoisotopic (exact) mass is 449 g/mol. The molecule has 0 spiro atoms. The molecule has 2 aliphatic rings. The van der Waals surface area contributed by atoms with Crippen molar-refractivity contribution in [3.8, 4) is 0 Å². The van der Waals surface area contributed by atoms with Crippen LogP contribution in [0.5, 0.6) is 0 Å². The van der Waals surface area contributed by atoms with E-state index in [1.54, 1.807) is 27.4 Å². The lowest BCUT2D eigenvalue weighted by Crippen LogP contribution is -2.49. The number of nitrogens with one attached hydrogen (secondary N) is 1. The Balaban J connectivity index is 1.73. The van der Waals surface area contributed by atoms with Crippen molar-refractivity contribution in [2.75, 3.05) is 26.2 Å². The summed E-state index contributed by atoms with van der Waals surface area (Å²) in [4.78, 5) is 26.9. The molecule has 2 fully saturated rings. The van der Waals surface area contributed by atoms with Gasteiger partial charge in [-0.2, -0.15) is 4.31 Å². The van der Waals surface area contributed by atoms with Crippen LogP contribution in [0.15, 0.2) is 29.2 Å². The first-order valence-corrected chi connectivity index (χ1v) is 12.8. The van der Waals surface area contributed by atoms with Crippen LogP contribution < -0.4 is 5.32 Å². The molecule has 1 aromatic rings. The number of sulfonamides is 1. The molecular formula is C23H35N3O4S. The van der Waals surface area contributed by atoms with Crippen LogP contribution in [0.1, 0.15) is 63.2 Å². The van der Waals surface area contributed by atoms with Crippen LogP contribution in [0.25, 0.3) is 0 Å². The van der Waals surface area contributed by atoms with Gasteiger partial charge in [0.1, 0.15) is 0 Å². The number of piperidine rings is 2. The Hall–Kier alpha value is -1.93. The lowest BCUT2D eigenvalue weighted by Gasteiger charge is -2.34. The number of nitrogens with zero attached hydrogens (tertiary/aromatic N) is 2. The fraction of sp³-hybridized carbons (Fsp3) is 0.652. The second-order valence-electron chi connectivity index (χ2n) is 9.20. The molecule has 0 radical (unpaired) electrons. The van der Waals surface area contributed by atoms with E-state index in [1.807, 2.05) is 6.92 Å². The summed E-state index contributed by atoms with van der Waals surface area (Å²) in [7, 11) is -3.64. The fourth-order valence-corrected chi connectivity index (χ4v) is 6.46. The molecule has 3 unspecified atom stereocenters. The summed E-state index contributed by atoms with van der Waals surface area (Å²) < 4.78 is 28.0. The molecule has 2 heterocycles. The first-order valence-electron chi connectivity index (χ1n) is 11.4. The van der Waals surface area contributed by atoms with Gasteiger partial charge in [-0.3, -0.25) is 9.59 Å². The second-order valence-corrected chi connectivity index (χ2v) is 11.1. The predicted molar refractivity (Wildman–Crippen MR) is 120 cm³/mol. The van der Waals surface area contributed by atoms with E-state index in [9.17, 15) is 18.0 Å². The van der Waals surface area contributed by atoms with E-state index in [2.05, 4.69) is 19.2 Å². The zero-order valence-corrected chi connectivity index (χ0v) is 19.7. The van der Waals surface area contributed by atoms with Crippen molar-refractivity contribution in [1.82, 2.24) is 14.5 Å². The van der Waals surface area contributed by atoms with Gasteiger partial charge in [0.2, 0.25) is 15.9 Å². The zero-order valence-electron chi connectivity index (χ0n) is 18.8. The summed E-state index contributed by atoms with van der Waals surface area (Å²) in [5.41, 5.74) is 0.375. The summed E-state index contributed by atoms with van der Waals surface area (Å²) in [6.45, 7) is 8.19. The van der Waals surface area contributed by atoms with Crippen LogP contribution in [-0.4, -0.2) is 61.7 Å². The summed E-state index contributed by atoms with van der Waals surface area (Å²) in [5.74, 6) is 0.458. The second kappa shape index (κ2) is 10.1. The third-order valence-electron chi connectivity index (χ3n) is 6.10. The highest BCUT2D eigenvalue weighted by Gasteiger charge is 2.32. The van der Waals surface area contributed by atoms with E-state index < -0.39 is 10.0 Å². The van der Waals surface area contributed by atoms with Crippen LogP contribution in [0.2, 0.25) is 0 Å². The highest BCUT2D eigenvalue weighted by atomic mass is 32.2. The van der Waals surface area contributed by atoms with Gasteiger partial charge >= 0.3 is 0 Å². The molecule has 0 saturated carbocycles. The summed E-state index contributed by atoms with van der Waals surface area (Å²) in [6, 6.07) is 6.32. The van der Waals surface area contributed by atoms with Gasteiger partial charge in [0.05, 0.1) is 4.90 Å². The van der Waals surface area contributed by atoms with E-state index in [0.29, 0.717) is 50.0 Å². The number of likely N-dealkylation sites (tertiary alicyclic amines) is 1. The Morgan fingerprint density at radius 1 is 1.13 bits per heavy atom. The summed E-state index contributed by atoms with van der Waals surface area (Å²) in [6.07, 6.45) is 3.95. The van der Waals surface area contributed by atoms with Crippen LogP contribution in [-0.2, 0) is 14.8 Å². The third kappa shape index (κ3) is 5.86. The standard InChI is InChI=1S/C23H35N3O4S/c1-4-7-22(27)24-20-9-6-11-25(16-20)23(28)19-8-5-10-21(13-19)31(29,30)26-14-17(2)12-18(3)15-26/h5,8,10,13,17-18,20H,4,6-7,9,11-12,14-16H2,1-3H3,(H,24,27). The minimum atomic E-state index is -3.64. The minimum absolute atomic E-state index is 0.0138. The molecule has 8 heteroatoms. The van der Waals surface area contributed by atoms with E-state index in [-0.39, 0.29) is 22.8 Å². The van der Waals surface area contributed by atoms with E-state index in [4.69, 9.17) is 0 Å². The molecule has 0 aliphatic carbocycles. The smallest absolute Gasteiger partial charge is 0.253 e. The lowest BCUT2D eigenvalue weighted by atomic mass is 9.94. The molecule has 31 heavy (non-hydrogen) atoms. The zero-order chi connectivity index (χ0) is 22.6. The average molecular weight is 450 g/mol. The number of rotatable bonds is 6. The van der Waals surface area contributed by atoms with Gasteiger partial charge in [0.15, 0.2) is 0 Å². The van der Waals surface area contributed by atoms with E-state index in [1.165, 1.54) is 6.07 Å². The fourth-order valence-electron chi connectivity index (χ4n) is 4.73. The van der Waals surface area contributed by atoms with Gasteiger partial charge in [-0.05, 0) is 55.7 Å². The first-order chi connectivity index (χ1) is 14.7. The van der Waals surface area contributed by atoms with Crippen LogP contribution in [0.4, 0.5) is 0 Å². The van der Waals surface area contributed by atoms with Crippen molar-refractivity contribution in [2.24, 2.45) is 11.8 Å². The van der Waals surface area contributed by atoms with Gasteiger partial charge in [0.25, 0.3) is 5.91 Å². The molecule has 2 amide bonds. The maximum Gasteiger partial charge on any atom is 0.253 e. The molecule has 2 aliphatic heterocycles. The maximum absolute atomic E-state index is 13.2. The number of hydrogen-bond acceptors (Lipinski definition) is 4. The minimum Gasteiger partial charge on any atom is -0.352 e. The molecule has 0 bridgehead atoms. The van der Waals surface area contributed by atoms with Crippen molar-refractivity contribution < 1.29 is 18.0 Å². The van der Waals surface area contributed by atoms with E-state index >= 15 is 0 Å². The van der Waals surface area contributed by atoms with Gasteiger partial charge in [0, 0.05) is 44.2 Å². The molecule has 0 aromatic heterocycles. The SMILES string of the molecule is CCCC(=O)NC1CCCN(C(=O)c2cccc(S(=O)(=O)N3CC(C)CC(C)C3)c2)C1. The number of amides is 2. The average Bonchev–Trinajstić information content (AvgIpc) is 2.73. The number of carbonyl (C=O) groups is 2. The first kappa shape index (κ1) is 23.7. The molecule has 2 saturated heterocycles. The highest BCUT2D eigenvalue weighted by molar-refractivity contribution is 7.89. The quantitative estimate of drug-likeness (QED) is 0.723.